The number of aliphatic hydroxyl groups is 1. The number of carbonyl (C=O) groups is 1. The second-order valence-electron chi connectivity index (χ2n) is 4.33. The van der Waals surface area contributed by atoms with E-state index in [4.69, 9.17) is 16.3 Å². The van der Waals surface area contributed by atoms with E-state index in [1.54, 1.807) is 23.6 Å². The van der Waals surface area contributed by atoms with Gasteiger partial charge in [0.05, 0.1) is 25.2 Å². The summed E-state index contributed by atoms with van der Waals surface area (Å²) < 4.78 is 20.5. The van der Waals surface area contributed by atoms with Crippen molar-refractivity contribution in [1.82, 2.24) is 4.57 Å². The molecule has 0 amide bonds. The van der Waals surface area contributed by atoms with E-state index in [1.165, 1.54) is 6.07 Å². The summed E-state index contributed by atoms with van der Waals surface area (Å²) in [4.78, 5) is 11.4. The van der Waals surface area contributed by atoms with Gasteiger partial charge in [-0.05, 0) is 25.1 Å². The summed E-state index contributed by atoms with van der Waals surface area (Å²) in [6, 6.07) is 4.50. The first-order valence-electron chi connectivity index (χ1n) is 6.30. The molecule has 108 valence electrons. The first-order valence-corrected chi connectivity index (χ1v) is 6.68. The van der Waals surface area contributed by atoms with Crippen molar-refractivity contribution >= 4 is 28.5 Å². The number of hydrogen-bond donors (Lipinski definition) is 1. The van der Waals surface area contributed by atoms with Crippen LogP contribution in [0.3, 0.4) is 0 Å². The minimum absolute atomic E-state index is 0.118. The predicted molar refractivity (Wildman–Crippen MR) is 74.1 cm³/mol. The molecular weight excluding hydrogens is 285 g/mol. The van der Waals surface area contributed by atoms with Gasteiger partial charge in [0.25, 0.3) is 0 Å². The van der Waals surface area contributed by atoms with Crippen LogP contribution >= 0.6 is 11.6 Å². The van der Waals surface area contributed by atoms with E-state index in [9.17, 15) is 14.3 Å². The molecule has 0 bridgehead atoms. The third-order valence-corrected chi connectivity index (χ3v) is 3.22. The Morgan fingerprint density at radius 1 is 1.45 bits per heavy atom. The Morgan fingerprint density at radius 2 is 2.20 bits per heavy atom. The van der Waals surface area contributed by atoms with Crippen molar-refractivity contribution in [2.75, 3.05) is 6.61 Å². The predicted octanol–water partition coefficient (Wildman–Crippen LogP) is 2.88. The molecule has 2 aromatic rings. The Labute approximate surface area is 120 Å². The van der Waals surface area contributed by atoms with Crippen LogP contribution in [0, 0.1) is 5.82 Å². The summed E-state index contributed by atoms with van der Waals surface area (Å²) in [7, 11) is 0. The molecule has 6 heteroatoms. The van der Waals surface area contributed by atoms with Crippen LogP contribution in [0.1, 0.15) is 19.0 Å². The lowest BCUT2D eigenvalue weighted by atomic mass is 10.2. The van der Waals surface area contributed by atoms with Gasteiger partial charge in [-0.1, -0.05) is 11.6 Å². The summed E-state index contributed by atoms with van der Waals surface area (Å²) in [6.07, 6.45) is 0.118. The zero-order chi connectivity index (χ0) is 14.7. The molecule has 0 atom stereocenters. The molecule has 0 radical (unpaired) electrons. The van der Waals surface area contributed by atoms with Crippen LogP contribution < -0.4 is 0 Å². The average molecular weight is 300 g/mol. The Bertz CT molecular complexity index is 639. The van der Waals surface area contributed by atoms with Gasteiger partial charge in [0.1, 0.15) is 5.82 Å². The molecule has 0 saturated carbocycles. The Morgan fingerprint density at radius 3 is 2.85 bits per heavy atom. The number of rotatable bonds is 5. The number of halogens is 2. The third-order valence-electron chi connectivity index (χ3n) is 3.00. The van der Waals surface area contributed by atoms with E-state index in [0.29, 0.717) is 28.2 Å². The van der Waals surface area contributed by atoms with Gasteiger partial charge >= 0.3 is 5.97 Å². The Kier molecular flexibility index (Phi) is 4.62. The Hall–Kier alpha value is -1.59. The maximum Gasteiger partial charge on any atom is 0.307 e. The summed E-state index contributed by atoms with van der Waals surface area (Å²) in [5, 5.41) is 10.2. The molecule has 2 rings (SSSR count). The fourth-order valence-electron chi connectivity index (χ4n) is 2.20. The fraction of sp³-hybridized carbons (Fsp3) is 0.357. The van der Waals surface area contributed by atoms with Crippen LogP contribution in [0.4, 0.5) is 4.39 Å². The molecule has 0 spiro atoms. The lowest BCUT2D eigenvalue weighted by molar-refractivity contribution is -0.143. The van der Waals surface area contributed by atoms with Crippen molar-refractivity contribution in [2.24, 2.45) is 0 Å². The van der Waals surface area contributed by atoms with Crippen molar-refractivity contribution in [3.05, 3.63) is 34.7 Å². The lowest BCUT2D eigenvalue weighted by Crippen LogP contribution is -2.11. The van der Waals surface area contributed by atoms with Crippen molar-refractivity contribution < 1.29 is 19.0 Å². The fourth-order valence-corrected chi connectivity index (χ4v) is 2.42. The van der Waals surface area contributed by atoms with Gasteiger partial charge in [-0.25, -0.2) is 4.39 Å². The number of aromatic nitrogens is 1. The number of benzene rings is 1. The zero-order valence-corrected chi connectivity index (χ0v) is 11.8. The summed E-state index contributed by atoms with van der Waals surface area (Å²) in [5.74, 6) is -0.830. The van der Waals surface area contributed by atoms with Crippen molar-refractivity contribution in [2.45, 2.75) is 26.5 Å². The van der Waals surface area contributed by atoms with Crippen LogP contribution in [-0.4, -0.2) is 22.2 Å². The van der Waals surface area contributed by atoms with E-state index in [1.807, 2.05) is 0 Å². The first kappa shape index (κ1) is 14.8. The SMILES string of the molecule is CCOC(=O)CCn1c(CO)cc2cc(Cl)cc(F)c21. The van der Waals surface area contributed by atoms with E-state index in [0.717, 1.165) is 0 Å². The average Bonchev–Trinajstić information content (AvgIpc) is 2.74. The van der Waals surface area contributed by atoms with Crippen LogP contribution in [0.5, 0.6) is 0 Å². The van der Waals surface area contributed by atoms with Crippen LogP contribution in [-0.2, 0) is 22.7 Å². The van der Waals surface area contributed by atoms with Gasteiger partial charge < -0.3 is 14.4 Å². The van der Waals surface area contributed by atoms with Gasteiger partial charge in [0, 0.05) is 22.6 Å². The van der Waals surface area contributed by atoms with Crippen LogP contribution in [0.2, 0.25) is 5.02 Å². The maximum absolute atomic E-state index is 14.0. The number of carbonyl (C=O) groups excluding carboxylic acids is 1. The number of esters is 1. The number of nitrogens with zero attached hydrogens (tertiary/aromatic N) is 1. The minimum atomic E-state index is -0.476. The topological polar surface area (TPSA) is 51.5 Å². The third kappa shape index (κ3) is 2.94. The highest BCUT2D eigenvalue weighted by Crippen LogP contribution is 2.27. The molecule has 1 aromatic carbocycles. The number of hydrogen-bond acceptors (Lipinski definition) is 3. The molecule has 0 aliphatic carbocycles. The van der Waals surface area contributed by atoms with E-state index in [2.05, 4.69) is 0 Å². The van der Waals surface area contributed by atoms with E-state index in [-0.39, 0.29) is 25.5 Å². The summed E-state index contributed by atoms with van der Waals surface area (Å²) in [5.41, 5.74) is 0.869. The number of aryl methyl sites for hydroxylation is 1. The largest absolute Gasteiger partial charge is 0.466 e. The highest BCUT2D eigenvalue weighted by molar-refractivity contribution is 6.31. The molecule has 20 heavy (non-hydrogen) atoms. The second kappa shape index (κ2) is 6.24. The maximum atomic E-state index is 14.0. The molecule has 0 unspecified atom stereocenters. The molecular formula is C14H15ClFNO3. The quantitative estimate of drug-likeness (QED) is 0.864. The Balaban J connectivity index is 2.37. The summed E-state index contributed by atoms with van der Waals surface area (Å²) >= 11 is 5.81. The van der Waals surface area contributed by atoms with Crippen molar-refractivity contribution in [1.29, 1.82) is 0 Å². The van der Waals surface area contributed by atoms with Gasteiger partial charge in [0.15, 0.2) is 0 Å². The minimum Gasteiger partial charge on any atom is -0.466 e. The standard InChI is InChI=1S/C14H15ClFNO3/c1-2-20-13(19)3-4-17-11(8-18)6-9-5-10(15)7-12(16)14(9)17/h5-7,18H,2-4,8H2,1H3. The molecule has 4 nitrogen and oxygen atoms in total. The lowest BCUT2D eigenvalue weighted by Gasteiger charge is -2.09. The number of ether oxygens (including phenoxy) is 1. The molecule has 1 heterocycles. The molecule has 0 fully saturated rings. The monoisotopic (exact) mass is 299 g/mol. The van der Waals surface area contributed by atoms with Crippen molar-refractivity contribution in [3.8, 4) is 0 Å². The number of fused-ring (bicyclic) bond motifs is 1. The molecule has 1 aromatic heterocycles. The molecule has 0 aliphatic rings. The molecule has 0 aliphatic heterocycles. The van der Waals surface area contributed by atoms with Gasteiger partial charge in [-0.15, -0.1) is 0 Å². The van der Waals surface area contributed by atoms with Crippen molar-refractivity contribution in [3.63, 3.8) is 0 Å². The van der Waals surface area contributed by atoms with Gasteiger partial charge in [-0.3, -0.25) is 4.79 Å². The first-order chi connectivity index (χ1) is 9.56. The zero-order valence-electron chi connectivity index (χ0n) is 11.0. The normalized spacial score (nSPS) is 11.0. The molecule has 1 N–H and O–H groups in total. The molecule has 0 saturated heterocycles. The highest BCUT2D eigenvalue weighted by Gasteiger charge is 2.14. The van der Waals surface area contributed by atoms with E-state index >= 15 is 0 Å². The van der Waals surface area contributed by atoms with Crippen LogP contribution in [0.15, 0.2) is 18.2 Å². The second-order valence-corrected chi connectivity index (χ2v) is 4.76. The van der Waals surface area contributed by atoms with Crippen LogP contribution in [0.25, 0.3) is 10.9 Å². The number of aliphatic hydroxyl groups excluding tert-OH is 1. The highest BCUT2D eigenvalue weighted by atomic mass is 35.5. The smallest absolute Gasteiger partial charge is 0.307 e. The van der Waals surface area contributed by atoms with E-state index < -0.39 is 5.82 Å². The van der Waals surface area contributed by atoms with Gasteiger partial charge in [0.2, 0.25) is 0 Å². The summed E-state index contributed by atoms with van der Waals surface area (Å²) in [6.45, 7) is 2.04. The van der Waals surface area contributed by atoms with Gasteiger partial charge in [-0.2, -0.15) is 0 Å².